The molecular formula is C11H10N2O3. The van der Waals surface area contributed by atoms with Crippen LogP contribution < -0.4 is 10.7 Å². The van der Waals surface area contributed by atoms with Crippen LogP contribution in [-0.4, -0.2) is 23.0 Å². The summed E-state index contributed by atoms with van der Waals surface area (Å²) in [6.45, 7) is 3.80. The summed E-state index contributed by atoms with van der Waals surface area (Å²) in [4.78, 5) is 29.7. The fourth-order valence-electron chi connectivity index (χ4n) is 1.51. The van der Waals surface area contributed by atoms with Gasteiger partial charge in [-0.3, -0.25) is 9.79 Å². The Balaban J connectivity index is 2.72. The molecule has 5 nitrogen and oxygen atoms in total. The van der Waals surface area contributed by atoms with Crippen LogP contribution in [0.15, 0.2) is 22.1 Å². The van der Waals surface area contributed by atoms with Crippen molar-refractivity contribution >= 4 is 11.9 Å². The molecule has 2 rings (SSSR count). The fourth-order valence-corrected chi connectivity index (χ4v) is 1.51. The van der Waals surface area contributed by atoms with Crippen LogP contribution >= 0.6 is 0 Å². The molecule has 1 aromatic carbocycles. The Morgan fingerprint density at radius 2 is 1.81 bits per heavy atom. The van der Waals surface area contributed by atoms with Crippen LogP contribution in [0.1, 0.15) is 11.1 Å². The summed E-state index contributed by atoms with van der Waals surface area (Å²) in [5.41, 5.74) is 2.00. The van der Waals surface area contributed by atoms with Crippen LogP contribution in [0.5, 0.6) is 0 Å². The van der Waals surface area contributed by atoms with Crippen LogP contribution in [-0.2, 0) is 9.59 Å². The van der Waals surface area contributed by atoms with E-state index in [0.29, 0.717) is 10.7 Å². The van der Waals surface area contributed by atoms with Crippen molar-refractivity contribution in [2.45, 2.75) is 19.9 Å². The molecule has 1 aliphatic rings. The Morgan fingerprint density at radius 3 is 2.38 bits per heavy atom. The van der Waals surface area contributed by atoms with Crippen molar-refractivity contribution in [2.24, 2.45) is 9.98 Å². The van der Waals surface area contributed by atoms with Gasteiger partial charge in [0.1, 0.15) is 0 Å². The van der Waals surface area contributed by atoms with Gasteiger partial charge in [0, 0.05) is 0 Å². The Labute approximate surface area is 91.2 Å². The molecule has 1 unspecified atom stereocenters. The zero-order valence-corrected chi connectivity index (χ0v) is 8.89. The minimum atomic E-state index is -1.39. The highest BCUT2D eigenvalue weighted by molar-refractivity contribution is 6.02. The van der Waals surface area contributed by atoms with Crippen molar-refractivity contribution in [3.63, 3.8) is 0 Å². The third-order valence-corrected chi connectivity index (χ3v) is 2.56. The van der Waals surface area contributed by atoms with E-state index in [1.807, 2.05) is 13.8 Å². The average Bonchev–Trinajstić information content (AvgIpc) is 2.19. The van der Waals surface area contributed by atoms with Gasteiger partial charge >= 0.3 is 5.97 Å². The minimum Gasteiger partial charge on any atom is -0.479 e. The third kappa shape index (κ3) is 1.60. The maximum Gasteiger partial charge on any atom is 0.338 e. The molecule has 0 radical (unpaired) electrons. The molecule has 1 aliphatic heterocycles. The monoisotopic (exact) mass is 218 g/mol. The number of aliphatic carboxylic acids is 1. The SMILES string of the molecule is Cc1cc2c(cc1C)=NC(C(=O)O)C(=O)N=2. The third-order valence-electron chi connectivity index (χ3n) is 2.56. The van der Waals surface area contributed by atoms with E-state index in [2.05, 4.69) is 9.98 Å². The zero-order chi connectivity index (χ0) is 11.9. The molecule has 16 heavy (non-hydrogen) atoms. The van der Waals surface area contributed by atoms with E-state index in [1.165, 1.54) is 0 Å². The topological polar surface area (TPSA) is 79.1 Å². The first-order valence-corrected chi connectivity index (χ1v) is 4.79. The van der Waals surface area contributed by atoms with Gasteiger partial charge in [0.2, 0.25) is 6.04 Å². The molecule has 5 heteroatoms. The van der Waals surface area contributed by atoms with E-state index in [0.717, 1.165) is 11.1 Å². The van der Waals surface area contributed by atoms with Gasteiger partial charge in [-0.2, -0.15) is 0 Å². The summed E-state index contributed by atoms with van der Waals surface area (Å²) in [5.74, 6) is -1.99. The number of nitrogens with zero attached hydrogens (tertiary/aromatic N) is 2. The standard InChI is InChI=1S/C11H10N2O3/c1-5-3-7-8(4-6(5)2)13-10(14)9(12-7)11(15)16/h3-4,9H,1-2H3,(H,15,16). The summed E-state index contributed by atoms with van der Waals surface area (Å²) in [6.07, 6.45) is 0. The molecule has 1 amide bonds. The smallest absolute Gasteiger partial charge is 0.338 e. The predicted octanol–water partition coefficient (Wildman–Crippen LogP) is -0.464. The molecule has 0 fully saturated rings. The van der Waals surface area contributed by atoms with E-state index in [1.54, 1.807) is 12.1 Å². The number of carbonyl (C=O) groups is 2. The van der Waals surface area contributed by atoms with Gasteiger partial charge in [-0.25, -0.2) is 9.79 Å². The maximum absolute atomic E-state index is 11.4. The summed E-state index contributed by atoms with van der Waals surface area (Å²) in [5, 5.41) is 9.70. The average molecular weight is 218 g/mol. The molecule has 0 saturated carbocycles. The zero-order valence-electron chi connectivity index (χ0n) is 8.89. The Hall–Kier alpha value is -2.04. The summed E-state index contributed by atoms with van der Waals surface area (Å²) in [7, 11) is 0. The second kappa shape index (κ2) is 3.52. The lowest BCUT2D eigenvalue weighted by atomic mass is 10.1. The number of hydrogen-bond donors (Lipinski definition) is 1. The fraction of sp³-hybridized carbons (Fsp3) is 0.273. The Bertz CT molecular complexity index is 604. The van der Waals surface area contributed by atoms with Gasteiger partial charge in [-0.1, -0.05) is 0 Å². The number of carboxylic acid groups (broad SMARTS) is 1. The van der Waals surface area contributed by atoms with Gasteiger partial charge in [-0.05, 0) is 37.1 Å². The van der Waals surface area contributed by atoms with Crippen molar-refractivity contribution in [1.29, 1.82) is 0 Å². The van der Waals surface area contributed by atoms with E-state index in [4.69, 9.17) is 5.11 Å². The number of hydrogen-bond acceptors (Lipinski definition) is 3. The summed E-state index contributed by atoms with van der Waals surface area (Å²) in [6, 6.07) is 2.09. The molecule has 0 aromatic heterocycles. The van der Waals surface area contributed by atoms with Crippen LogP contribution in [0.4, 0.5) is 0 Å². The molecule has 0 saturated heterocycles. The van der Waals surface area contributed by atoms with Gasteiger partial charge in [0.25, 0.3) is 5.91 Å². The molecule has 0 spiro atoms. The molecule has 1 atom stereocenters. The lowest BCUT2D eigenvalue weighted by Gasteiger charge is -2.08. The number of rotatable bonds is 1. The van der Waals surface area contributed by atoms with Crippen molar-refractivity contribution < 1.29 is 14.7 Å². The second-order valence-electron chi connectivity index (χ2n) is 3.75. The first-order chi connectivity index (χ1) is 7.49. The van der Waals surface area contributed by atoms with E-state index < -0.39 is 17.9 Å². The van der Waals surface area contributed by atoms with Crippen LogP contribution in [0.2, 0.25) is 0 Å². The first kappa shape index (κ1) is 10.5. The molecular weight excluding hydrogens is 208 g/mol. The highest BCUT2D eigenvalue weighted by Crippen LogP contribution is 2.02. The summed E-state index contributed by atoms with van der Waals surface area (Å²) >= 11 is 0. The largest absolute Gasteiger partial charge is 0.479 e. The molecule has 1 N–H and O–H groups in total. The predicted molar refractivity (Wildman–Crippen MR) is 54.7 cm³/mol. The Morgan fingerprint density at radius 1 is 1.25 bits per heavy atom. The number of aryl methyl sites for hydroxylation is 2. The van der Waals surface area contributed by atoms with Gasteiger partial charge < -0.3 is 5.11 Å². The van der Waals surface area contributed by atoms with E-state index in [-0.39, 0.29) is 0 Å². The number of benzene rings is 1. The highest BCUT2D eigenvalue weighted by Gasteiger charge is 2.27. The molecule has 1 heterocycles. The number of carbonyl (C=O) groups excluding carboxylic acids is 1. The summed E-state index contributed by atoms with van der Waals surface area (Å²) < 4.78 is 0. The van der Waals surface area contributed by atoms with Crippen molar-refractivity contribution in [3.05, 3.63) is 34.0 Å². The van der Waals surface area contributed by atoms with Crippen molar-refractivity contribution in [2.75, 3.05) is 0 Å². The van der Waals surface area contributed by atoms with Crippen LogP contribution in [0, 0.1) is 13.8 Å². The van der Waals surface area contributed by atoms with E-state index in [9.17, 15) is 9.59 Å². The quantitative estimate of drug-likeness (QED) is 0.647. The minimum absolute atomic E-state index is 0.450. The molecule has 1 aromatic rings. The lowest BCUT2D eigenvalue weighted by molar-refractivity contribution is -0.142. The molecule has 0 aliphatic carbocycles. The van der Waals surface area contributed by atoms with Gasteiger partial charge in [0.15, 0.2) is 0 Å². The van der Waals surface area contributed by atoms with Crippen LogP contribution in [0.3, 0.4) is 0 Å². The number of carboxylic acids is 1. The molecule has 0 bridgehead atoms. The van der Waals surface area contributed by atoms with Gasteiger partial charge in [-0.15, -0.1) is 0 Å². The van der Waals surface area contributed by atoms with Crippen molar-refractivity contribution in [3.8, 4) is 0 Å². The maximum atomic E-state index is 11.4. The Kier molecular flexibility index (Phi) is 2.30. The van der Waals surface area contributed by atoms with Gasteiger partial charge in [0.05, 0.1) is 10.7 Å². The lowest BCUT2D eigenvalue weighted by Crippen LogP contribution is -2.40. The van der Waals surface area contributed by atoms with E-state index >= 15 is 0 Å². The van der Waals surface area contributed by atoms with Crippen LogP contribution in [0.25, 0.3) is 0 Å². The number of amides is 1. The second-order valence-corrected chi connectivity index (χ2v) is 3.75. The number of fused-ring (bicyclic) bond motifs is 1. The highest BCUT2D eigenvalue weighted by atomic mass is 16.4. The first-order valence-electron chi connectivity index (χ1n) is 4.79. The normalized spacial score (nSPS) is 18.4. The van der Waals surface area contributed by atoms with Crippen molar-refractivity contribution in [1.82, 2.24) is 0 Å². The molecule has 82 valence electrons.